The van der Waals surface area contributed by atoms with E-state index in [2.05, 4.69) is 315 Å². The number of nitrogens with zero attached hydrogens (tertiary/aromatic N) is 12. The summed E-state index contributed by atoms with van der Waals surface area (Å²) in [6.45, 7) is 0. The van der Waals surface area contributed by atoms with Crippen molar-refractivity contribution >= 4 is 23.5 Å². The quantitative estimate of drug-likeness (QED) is 0.112. The van der Waals surface area contributed by atoms with Gasteiger partial charge in [0.15, 0.2) is 52.4 Å². The first-order chi connectivity index (χ1) is 70.7. The Morgan fingerprint density at radius 1 is 0.161 bits per heavy atom. The lowest BCUT2D eigenvalue weighted by atomic mass is 9.67. The van der Waals surface area contributed by atoms with Gasteiger partial charge < -0.3 is 0 Å². The molecule has 19 aromatic carbocycles. The van der Waals surface area contributed by atoms with E-state index < -0.39 is 16.2 Å². The molecule has 0 radical (unpaired) electrons. The van der Waals surface area contributed by atoms with Crippen molar-refractivity contribution < 1.29 is 0 Å². The van der Waals surface area contributed by atoms with Crippen LogP contribution in [0.2, 0.25) is 0 Å². The minimum atomic E-state index is -0.518. The molecule has 0 bridgehead atoms. The lowest BCUT2D eigenvalue weighted by Gasteiger charge is -2.39. The van der Waals surface area contributed by atoms with Crippen molar-refractivity contribution in [3.63, 3.8) is 0 Å². The van der Waals surface area contributed by atoms with E-state index in [0.29, 0.717) is 69.1 Å². The van der Waals surface area contributed by atoms with Crippen LogP contribution in [0.15, 0.2) is 493 Å². The molecule has 27 rings (SSSR count). The van der Waals surface area contributed by atoms with E-state index in [1.165, 1.54) is 109 Å². The molecule has 0 saturated carbocycles. The topological polar surface area (TPSA) is 187 Å². The van der Waals surface area contributed by atoms with Gasteiger partial charge in [0, 0.05) is 69.7 Å². The van der Waals surface area contributed by atoms with Crippen molar-refractivity contribution in [2.45, 2.75) is 35.8 Å². The molecule has 3 aromatic heterocycles. The third-order valence-electron chi connectivity index (χ3n) is 27.9. The van der Waals surface area contributed by atoms with E-state index in [-0.39, 0.29) is 0 Å². The Balaban J connectivity index is 0.000000113. The molecule has 2 spiro atoms. The van der Waals surface area contributed by atoms with Gasteiger partial charge in [-0.3, -0.25) is 0 Å². The molecule has 666 valence electrons. The summed E-state index contributed by atoms with van der Waals surface area (Å²) < 4.78 is 0. The number of hydrogen-bond donors (Lipinski definition) is 0. The van der Waals surface area contributed by atoms with Crippen LogP contribution in [-0.4, -0.2) is 44.9 Å². The molecule has 0 atom stereocenters. The van der Waals surface area contributed by atoms with Crippen LogP contribution in [0, 0.1) is 34.0 Å². The Morgan fingerprint density at radius 3 is 0.797 bits per heavy atom. The molecule has 3 aliphatic carbocycles. The zero-order valence-electron chi connectivity index (χ0n) is 76.7. The summed E-state index contributed by atoms with van der Waals surface area (Å²) in [5.41, 5.74) is 32.7. The first-order valence-corrected chi connectivity index (χ1v) is 49.0. The minimum Gasteiger partial charge on any atom is -0.208 e. The van der Waals surface area contributed by atoms with Gasteiger partial charge in [-0.05, 0) is 208 Å². The zero-order valence-corrected chi connectivity index (χ0v) is 78.3. The molecule has 0 amide bonds. The first-order valence-electron chi connectivity index (χ1n) is 47.4. The Morgan fingerprint density at radius 2 is 0.420 bits per heavy atom. The highest BCUT2D eigenvalue weighted by atomic mass is 32.2. The fraction of sp³-hybridized carbons (Fsp3) is 0.0233. The highest BCUT2D eigenvalue weighted by Gasteiger charge is 2.53. The van der Waals surface area contributed by atoms with Gasteiger partial charge in [-0.2, -0.15) is 15.8 Å². The van der Waals surface area contributed by atoms with Crippen molar-refractivity contribution in [3.8, 4) is 165 Å². The van der Waals surface area contributed by atoms with E-state index in [9.17, 15) is 15.8 Å². The fourth-order valence-electron chi connectivity index (χ4n) is 21.7. The van der Waals surface area contributed by atoms with Crippen LogP contribution in [0.4, 0.5) is 0 Å². The normalized spacial score (nSPS) is 13.0. The summed E-state index contributed by atoms with van der Waals surface area (Å²) in [6.07, 6.45) is 0. The summed E-state index contributed by atoms with van der Waals surface area (Å²) in [6, 6.07) is 170. The van der Waals surface area contributed by atoms with Crippen molar-refractivity contribution in [1.82, 2.24) is 44.9 Å². The third-order valence-corrected chi connectivity index (χ3v) is 30.3. The summed E-state index contributed by atoms with van der Waals surface area (Å²) in [5.74, 6) is 5.38. The summed E-state index contributed by atoms with van der Waals surface area (Å²) in [5, 5.41) is 28.2. The standard InChI is InChI=1S/C47H28N4S.C41H24N4S.C41H26N4/c48-29-30-11-10-14-34(27-30)31-21-23-33(24-22-31)45-49-44(32-12-2-1-3-13-32)50-46(51-45)35-25-26-37-36-15-4-5-16-38(36)47(41(37)28-35)39-17-6-8-19-42(39)52-43-20-9-7-18-40(43)47;42-25-26-18-20-28(21-19-26)39-43-38(27-10-2-1-3-11-27)44-40(45-39)29-22-23-31-30-12-4-5-13-32(30)41(35(31)24-29)33-14-6-8-16-36(33)46-37-17-9-7-15-34(37)41;42-27-28-23-25-30(26-24-28)39-43-38(29-13-4-1-5-14-29)44-40(45-39)34-20-12-22-36-37(34)33-19-10-11-21-35(33)41(36,31-15-6-2-7-16-31)32-17-8-3-9-18-32/h1-28H;1-24H;1-26H. The van der Waals surface area contributed by atoms with Gasteiger partial charge in [0.2, 0.25) is 0 Å². The number of aromatic nitrogens is 9. The molecule has 0 N–H and O–H groups in total. The second-order valence-electron chi connectivity index (χ2n) is 35.7. The number of rotatable bonds is 12. The van der Waals surface area contributed by atoms with Gasteiger partial charge in [-0.1, -0.05) is 400 Å². The highest BCUT2D eigenvalue weighted by Crippen LogP contribution is 2.66. The maximum atomic E-state index is 9.42. The van der Waals surface area contributed by atoms with E-state index in [0.717, 1.165) is 72.3 Å². The van der Waals surface area contributed by atoms with Gasteiger partial charge >= 0.3 is 0 Å². The molecular formula is C129H78N12S2. The molecule has 0 unspecified atom stereocenters. The van der Waals surface area contributed by atoms with Crippen LogP contribution < -0.4 is 0 Å². The summed E-state index contributed by atoms with van der Waals surface area (Å²) in [7, 11) is 0. The van der Waals surface area contributed by atoms with Gasteiger partial charge in [0.05, 0.1) is 51.1 Å². The van der Waals surface area contributed by atoms with E-state index >= 15 is 0 Å². The minimum absolute atomic E-state index is 0.481. The van der Waals surface area contributed by atoms with Crippen LogP contribution in [0.3, 0.4) is 0 Å². The number of fused-ring (bicyclic) bond motifs is 21. The lowest BCUT2D eigenvalue weighted by Crippen LogP contribution is -2.31. The number of nitriles is 3. The Kier molecular flexibility index (Phi) is 21.7. The number of benzene rings is 19. The molecule has 12 nitrogen and oxygen atoms in total. The molecular weight excluding hydrogens is 1780 g/mol. The molecule has 22 aromatic rings. The summed E-state index contributed by atoms with van der Waals surface area (Å²) >= 11 is 3.69. The second-order valence-corrected chi connectivity index (χ2v) is 37.9. The zero-order chi connectivity index (χ0) is 95.5. The summed E-state index contributed by atoms with van der Waals surface area (Å²) in [4.78, 5) is 50.5. The SMILES string of the molecule is N#Cc1ccc(-c2nc(-c3ccccc3)nc(-c3ccc4c(c3)C3(c5ccccc5Sc5ccccc53)c3ccccc3-4)n2)cc1.N#Cc1ccc(-c2nc(-c3ccccc3)nc(-c3cccc4c3-c3ccccc3C4(c3ccccc3)c3ccccc3)n2)cc1.N#Cc1cccc(-c2ccc(-c3nc(-c4ccccc4)nc(-c4ccc5c(c4)C4(c6ccccc6Sc6ccccc64)c4ccccc4-5)n3)cc2)c1. The average molecular weight is 1860 g/mol. The van der Waals surface area contributed by atoms with Gasteiger partial charge in [-0.15, -0.1) is 0 Å². The maximum Gasteiger partial charge on any atom is 0.164 e. The molecule has 5 heterocycles. The third kappa shape index (κ3) is 14.6. The maximum absolute atomic E-state index is 9.42. The van der Waals surface area contributed by atoms with E-state index in [1.54, 1.807) is 24.3 Å². The second kappa shape index (κ2) is 36.1. The van der Waals surface area contributed by atoms with Crippen molar-refractivity contribution in [2.75, 3.05) is 0 Å². The number of hydrogen-bond acceptors (Lipinski definition) is 14. The van der Waals surface area contributed by atoms with Gasteiger partial charge in [-0.25, -0.2) is 44.9 Å². The van der Waals surface area contributed by atoms with Crippen LogP contribution >= 0.6 is 23.5 Å². The van der Waals surface area contributed by atoms with Gasteiger partial charge in [0.25, 0.3) is 0 Å². The largest absolute Gasteiger partial charge is 0.208 e. The predicted octanol–water partition coefficient (Wildman–Crippen LogP) is 29.9. The van der Waals surface area contributed by atoms with E-state index in [1.807, 2.05) is 175 Å². The van der Waals surface area contributed by atoms with Crippen LogP contribution in [0.5, 0.6) is 0 Å². The van der Waals surface area contributed by atoms with Crippen LogP contribution in [0.25, 0.3) is 147 Å². The van der Waals surface area contributed by atoms with Crippen molar-refractivity contribution in [3.05, 3.63) is 557 Å². The van der Waals surface area contributed by atoms with Crippen molar-refractivity contribution in [1.29, 1.82) is 15.8 Å². The van der Waals surface area contributed by atoms with Crippen molar-refractivity contribution in [2.24, 2.45) is 0 Å². The Bertz CT molecular complexity index is 8800. The molecule has 2 aliphatic heterocycles. The molecule has 143 heavy (non-hydrogen) atoms. The highest BCUT2D eigenvalue weighted by molar-refractivity contribution is 7.99. The predicted molar refractivity (Wildman–Crippen MR) is 568 cm³/mol. The lowest BCUT2D eigenvalue weighted by molar-refractivity contribution is 0.722. The van der Waals surface area contributed by atoms with Crippen LogP contribution in [-0.2, 0) is 16.2 Å². The average Bonchev–Trinajstić information content (AvgIpc) is 1.55. The molecule has 14 heteroatoms. The van der Waals surface area contributed by atoms with Crippen LogP contribution in [0.1, 0.15) is 83.5 Å². The molecule has 5 aliphatic rings. The Labute approximate surface area is 835 Å². The van der Waals surface area contributed by atoms with Gasteiger partial charge in [0.1, 0.15) is 0 Å². The monoisotopic (exact) mass is 1860 g/mol. The van der Waals surface area contributed by atoms with E-state index in [4.69, 9.17) is 44.9 Å². The molecule has 0 saturated heterocycles. The first kappa shape index (κ1) is 86.0. The Hall–Kier alpha value is -18.6. The fourth-order valence-corrected chi connectivity index (χ4v) is 24.1. The smallest absolute Gasteiger partial charge is 0.164 e. The molecule has 0 fully saturated rings.